The van der Waals surface area contributed by atoms with Gasteiger partial charge in [0, 0.05) is 13.1 Å². The maximum atomic E-state index is 11.0. The Bertz CT molecular complexity index is 262. The molecule has 0 aromatic carbocycles. The molecule has 0 aromatic rings. The summed E-state index contributed by atoms with van der Waals surface area (Å²) in [6, 6.07) is 0. The summed E-state index contributed by atoms with van der Waals surface area (Å²) in [6.07, 6.45) is 9.24. The average Bonchev–Trinajstić information content (AvgIpc) is 2.68. The van der Waals surface area contributed by atoms with Crippen molar-refractivity contribution in [2.24, 2.45) is 17.6 Å². The molecule has 0 radical (unpaired) electrons. The van der Waals surface area contributed by atoms with Gasteiger partial charge in [0.1, 0.15) is 0 Å². The second kappa shape index (κ2) is 4.79. The third-order valence-corrected chi connectivity index (χ3v) is 3.57. The van der Waals surface area contributed by atoms with Crippen LogP contribution in [0.25, 0.3) is 0 Å². The lowest BCUT2D eigenvalue weighted by molar-refractivity contribution is -0.121. The molecule has 0 bridgehead atoms. The molecule has 2 atom stereocenters. The van der Waals surface area contributed by atoms with Gasteiger partial charge >= 0.3 is 0 Å². The summed E-state index contributed by atoms with van der Waals surface area (Å²) in [5.74, 6) is 0.770. The number of hydrogen-bond acceptors (Lipinski definition) is 2. The number of nitrogens with zero attached hydrogens (tertiary/aromatic N) is 1. The SMILES string of the molecule is NC(=O)[C@@H]1CCN(C[C@@H]2CC=CCC2)C1. The van der Waals surface area contributed by atoms with Crippen molar-refractivity contribution < 1.29 is 4.79 Å². The van der Waals surface area contributed by atoms with E-state index in [2.05, 4.69) is 17.1 Å². The van der Waals surface area contributed by atoms with Gasteiger partial charge in [-0.05, 0) is 38.1 Å². The molecule has 84 valence electrons. The summed E-state index contributed by atoms with van der Waals surface area (Å²) in [4.78, 5) is 13.4. The first-order chi connectivity index (χ1) is 7.25. The first kappa shape index (κ1) is 10.7. The van der Waals surface area contributed by atoms with E-state index in [1.807, 2.05) is 0 Å². The normalized spacial score (nSPS) is 32.0. The van der Waals surface area contributed by atoms with Crippen LogP contribution < -0.4 is 5.73 Å². The van der Waals surface area contributed by atoms with E-state index in [1.54, 1.807) is 0 Å². The molecule has 15 heavy (non-hydrogen) atoms. The minimum Gasteiger partial charge on any atom is -0.369 e. The van der Waals surface area contributed by atoms with E-state index in [-0.39, 0.29) is 11.8 Å². The third-order valence-electron chi connectivity index (χ3n) is 3.57. The molecule has 1 fully saturated rings. The van der Waals surface area contributed by atoms with Crippen molar-refractivity contribution in [3.8, 4) is 0 Å². The minimum atomic E-state index is -0.124. The number of nitrogens with two attached hydrogens (primary N) is 1. The molecule has 2 aliphatic rings. The second-order valence-corrected chi connectivity index (χ2v) is 4.80. The number of likely N-dealkylation sites (tertiary alicyclic amines) is 1. The van der Waals surface area contributed by atoms with Crippen molar-refractivity contribution in [1.82, 2.24) is 4.90 Å². The summed E-state index contributed by atoms with van der Waals surface area (Å²) in [5, 5.41) is 0. The molecular formula is C12H20N2O. The van der Waals surface area contributed by atoms with Crippen molar-refractivity contribution >= 4 is 5.91 Å². The first-order valence-corrected chi connectivity index (χ1v) is 5.92. The van der Waals surface area contributed by atoms with Crippen LogP contribution in [0.5, 0.6) is 0 Å². The van der Waals surface area contributed by atoms with Gasteiger partial charge in [-0.2, -0.15) is 0 Å². The van der Waals surface area contributed by atoms with Gasteiger partial charge in [0.2, 0.25) is 5.91 Å². The van der Waals surface area contributed by atoms with E-state index in [9.17, 15) is 4.79 Å². The number of primary amides is 1. The van der Waals surface area contributed by atoms with E-state index in [1.165, 1.54) is 19.3 Å². The number of hydrogen-bond donors (Lipinski definition) is 1. The molecule has 0 saturated carbocycles. The Labute approximate surface area is 91.3 Å². The van der Waals surface area contributed by atoms with Crippen LogP contribution in [-0.4, -0.2) is 30.4 Å². The molecule has 1 saturated heterocycles. The Hall–Kier alpha value is -0.830. The molecule has 3 nitrogen and oxygen atoms in total. The highest BCUT2D eigenvalue weighted by Gasteiger charge is 2.27. The number of carbonyl (C=O) groups excluding carboxylic acids is 1. The van der Waals surface area contributed by atoms with Crippen molar-refractivity contribution in [3.63, 3.8) is 0 Å². The van der Waals surface area contributed by atoms with Crippen LogP contribution in [0.15, 0.2) is 12.2 Å². The van der Waals surface area contributed by atoms with Crippen molar-refractivity contribution in [2.45, 2.75) is 25.7 Å². The van der Waals surface area contributed by atoms with Gasteiger partial charge in [-0.25, -0.2) is 0 Å². The van der Waals surface area contributed by atoms with Gasteiger partial charge in [-0.3, -0.25) is 4.79 Å². The zero-order chi connectivity index (χ0) is 10.7. The number of carbonyl (C=O) groups is 1. The topological polar surface area (TPSA) is 46.3 Å². The molecular weight excluding hydrogens is 188 g/mol. The van der Waals surface area contributed by atoms with Crippen LogP contribution in [-0.2, 0) is 4.79 Å². The molecule has 0 spiro atoms. The Balaban J connectivity index is 1.76. The number of allylic oxidation sites excluding steroid dienone is 2. The van der Waals surface area contributed by atoms with Crippen LogP contribution in [0.1, 0.15) is 25.7 Å². The summed E-state index contributed by atoms with van der Waals surface area (Å²) in [6.45, 7) is 3.08. The Morgan fingerprint density at radius 1 is 1.40 bits per heavy atom. The molecule has 1 heterocycles. The molecule has 2 rings (SSSR count). The van der Waals surface area contributed by atoms with Crippen LogP contribution in [0.4, 0.5) is 0 Å². The van der Waals surface area contributed by atoms with Gasteiger partial charge in [0.15, 0.2) is 0 Å². The fourth-order valence-corrected chi connectivity index (χ4v) is 2.62. The second-order valence-electron chi connectivity index (χ2n) is 4.80. The van der Waals surface area contributed by atoms with Gasteiger partial charge < -0.3 is 10.6 Å². The van der Waals surface area contributed by atoms with Crippen LogP contribution in [0.3, 0.4) is 0 Å². The highest BCUT2D eigenvalue weighted by molar-refractivity contribution is 5.77. The zero-order valence-electron chi connectivity index (χ0n) is 9.19. The maximum Gasteiger partial charge on any atom is 0.221 e. The first-order valence-electron chi connectivity index (χ1n) is 5.92. The quantitative estimate of drug-likeness (QED) is 0.707. The standard InChI is InChI=1S/C12H20N2O/c13-12(15)11-6-7-14(9-11)8-10-4-2-1-3-5-10/h1-2,10-11H,3-9H2,(H2,13,15)/t10-,11-/m1/s1. The van der Waals surface area contributed by atoms with Crippen molar-refractivity contribution in [2.75, 3.05) is 19.6 Å². The Morgan fingerprint density at radius 3 is 2.87 bits per heavy atom. The fraction of sp³-hybridized carbons (Fsp3) is 0.750. The Kier molecular flexibility index (Phi) is 3.41. The van der Waals surface area contributed by atoms with Gasteiger partial charge in [0.05, 0.1) is 5.92 Å². The Morgan fingerprint density at radius 2 is 2.27 bits per heavy atom. The van der Waals surface area contributed by atoms with Crippen LogP contribution in [0.2, 0.25) is 0 Å². The summed E-state index contributed by atoms with van der Waals surface area (Å²) in [5.41, 5.74) is 5.32. The molecule has 1 amide bonds. The predicted molar refractivity (Wildman–Crippen MR) is 60.2 cm³/mol. The molecule has 0 unspecified atom stereocenters. The number of amides is 1. The predicted octanol–water partition coefficient (Wildman–Crippen LogP) is 1.15. The smallest absolute Gasteiger partial charge is 0.221 e. The van der Waals surface area contributed by atoms with Gasteiger partial charge in [-0.1, -0.05) is 12.2 Å². The van der Waals surface area contributed by atoms with E-state index in [0.29, 0.717) is 0 Å². The molecule has 1 aliphatic carbocycles. The monoisotopic (exact) mass is 208 g/mol. The summed E-state index contributed by atoms with van der Waals surface area (Å²) >= 11 is 0. The van der Waals surface area contributed by atoms with Crippen molar-refractivity contribution in [1.29, 1.82) is 0 Å². The lowest BCUT2D eigenvalue weighted by Crippen LogP contribution is -2.31. The highest BCUT2D eigenvalue weighted by Crippen LogP contribution is 2.23. The lowest BCUT2D eigenvalue weighted by Gasteiger charge is -2.24. The van der Waals surface area contributed by atoms with E-state index < -0.39 is 0 Å². The van der Waals surface area contributed by atoms with Crippen LogP contribution in [0, 0.1) is 11.8 Å². The highest BCUT2D eigenvalue weighted by atomic mass is 16.1. The summed E-state index contributed by atoms with van der Waals surface area (Å²) in [7, 11) is 0. The minimum absolute atomic E-state index is 0.101. The zero-order valence-corrected chi connectivity index (χ0v) is 9.19. The summed E-state index contributed by atoms with van der Waals surface area (Å²) < 4.78 is 0. The third kappa shape index (κ3) is 2.81. The molecule has 1 aliphatic heterocycles. The molecule has 0 aromatic heterocycles. The van der Waals surface area contributed by atoms with Crippen molar-refractivity contribution in [3.05, 3.63) is 12.2 Å². The number of rotatable bonds is 3. The maximum absolute atomic E-state index is 11.0. The average molecular weight is 208 g/mol. The lowest BCUT2D eigenvalue weighted by atomic mass is 9.94. The largest absolute Gasteiger partial charge is 0.369 e. The van der Waals surface area contributed by atoms with Crippen LogP contribution >= 0.6 is 0 Å². The van der Waals surface area contributed by atoms with Gasteiger partial charge in [-0.15, -0.1) is 0 Å². The molecule has 3 heteroatoms. The fourth-order valence-electron chi connectivity index (χ4n) is 2.62. The van der Waals surface area contributed by atoms with E-state index in [4.69, 9.17) is 5.73 Å². The van der Waals surface area contributed by atoms with Gasteiger partial charge in [0.25, 0.3) is 0 Å². The van der Waals surface area contributed by atoms with E-state index in [0.717, 1.165) is 32.0 Å². The molecule has 2 N–H and O–H groups in total. The van der Waals surface area contributed by atoms with E-state index >= 15 is 0 Å².